The Morgan fingerprint density at radius 2 is 1.74 bits per heavy atom. The van der Waals surface area contributed by atoms with Gasteiger partial charge in [-0.1, -0.05) is 42.5 Å². The molecule has 3 N–H and O–H groups in total. The van der Waals surface area contributed by atoms with Gasteiger partial charge in [-0.25, -0.2) is 0 Å². The number of rotatable bonds is 9. The standard InChI is InChI=1S/C26H26F3NO4/c1-16(25(33)18-6-4-3-5-7-18)30-15-19-14-20(26(27,28)29)9-10-21(19)22-12-17(13-24(31)32)8-11-23(22)34-2/h3-12,14,16,25,30,33H,13,15H2,1-2H3,(H,31,32). The second-order valence-electron chi connectivity index (χ2n) is 8.00. The van der Waals surface area contributed by atoms with Gasteiger partial charge >= 0.3 is 12.1 Å². The largest absolute Gasteiger partial charge is 0.496 e. The highest BCUT2D eigenvalue weighted by molar-refractivity contribution is 5.77. The number of carbonyl (C=O) groups is 1. The van der Waals surface area contributed by atoms with Crippen molar-refractivity contribution in [1.29, 1.82) is 0 Å². The van der Waals surface area contributed by atoms with Crippen LogP contribution in [0.15, 0.2) is 66.7 Å². The molecule has 3 rings (SSSR count). The van der Waals surface area contributed by atoms with Crippen LogP contribution in [0.3, 0.4) is 0 Å². The highest BCUT2D eigenvalue weighted by Crippen LogP contribution is 2.37. The Hall–Kier alpha value is -3.36. The molecule has 0 bridgehead atoms. The summed E-state index contributed by atoms with van der Waals surface area (Å²) in [4.78, 5) is 11.2. The number of carboxylic acids is 1. The van der Waals surface area contributed by atoms with Gasteiger partial charge in [0.15, 0.2) is 0 Å². The average molecular weight is 473 g/mol. The first-order chi connectivity index (χ1) is 16.1. The molecule has 0 saturated heterocycles. The number of aliphatic hydroxyl groups excluding tert-OH is 1. The van der Waals surface area contributed by atoms with Crippen LogP contribution in [0.25, 0.3) is 11.1 Å². The number of nitrogens with one attached hydrogen (secondary N) is 1. The number of methoxy groups -OCH3 is 1. The number of hydrogen-bond acceptors (Lipinski definition) is 4. The van der Waals surface area contributed by atoms with Crippen molar-refractivity contribution in [3.05, 3.63) is 89.0 Å². The summed E-state index contributed by atoms with van der Waals surface area (Å²) in [5.74, 6) is -0.610. The summed E-state index contributed by atoms with van der Waals surface area (Å²) in [6.07, 6.45) is -5.62. The molecule has 0 radical (unpaired) electrons. The number of ether oxygens (including phenoxy) is 1. The first-order valence-corrected chi connectivity index (χ1v) is 10.7. The fraction of sp³-hybridized carbons (Fsp3) is 0.269. The van der Waals surface area contributed by atoms with Gasteiger partial charge in [-0.2, -0.15) is 13.2 Å². The maximum absolute atomic E-state index is 13.5. The quantitative estimate of drug-likeness (QED) is 0.397. The lowest BCUT2D eigenvalue weighted by atomic mass is 9.94. The summed E-state index contributed by atoms with van der Waals surface area (Å²) in [6.45, 7) is 1.79. The molecule has 3 aromatic carbocycles. The Morgan fingerprint density at radius 3 is 2.35 bits per heavy atom. The third-order valence-corrected chi connectivity index (χ3v) is 5.57. The van der Waals surface area contributed by atoms with E-state index in [2.05, 4.69) is 5.32 Å². The molecule has 0 spiro atoms. The van der Waals surface area contributed by atoms with Crippen molar-refractivity contribution >= 4 is 5.97 Å². The number of alkyl halides is 3. The van der Waals surface area contributed by atoms with E-state index < -0.39 is 29.9 Å². The van der Waals surface area contributed by atoms with Crippen molar-refractivity contribution in [2.45, 2.75) is 38.2 Å². The van der Waals surface area contributed by atoms with E-state index in [0.29, 0.717) is 33.6 Å². The molecular weight excluding hydrogens is 447 g/mol. The molecule has 2 unspecified atom stereocenters. The van der Waals surface area contributed by atoms with Crippen LogP contribution in [0.5, 0.6) is 5.75 Å². The summed E-state index contributed by atoms with van der Waals surface area (Å²) in [6, 6.07) is 16.8. The van der Waals surface area contributed by atoms with Gasteiger partial charge in [0.2, 0.25) is 0 Å². The summed E-state index contributed by atoms with van der Waals surface area (Å²) in [5.41, 5.74) is 1.69. The Labute approximate surface area is 195 Å². The van der Waals surface area contributed by atoms with Crippen molar-refractivity contribution in [3.63, 3.8) is 0 Å². The number of carboxylic acid groups (broad SMARTS) is 1. The normalized spacial score (nSPS) is 13.4. The van der Waals surface area contributed by atoms with E-state index in [4.69, 9.17) is 9.84 Å². The molecule has 0 heterocycles. The zero-order chi connectivity index (χ0) is 24.9. The first-order valence-electron chi connectivity index (χ1n) is 10.7. The molecule has 34 heavy (non-hydrogen) atoms. The van der Waals surface area contributed by atoms with Gasteiger partial charge in [0.25, 0.3) is 0 Å². The predicted octanol–water partition coefficient (Wildman–Crippen LogP) is 5.22. The van der Waals surface area contributed by atoms with Crippen LogP contribution in [-0.4, -0.2) is 29.3 Å². The minimum Gasteiger partial charge on any atom is -0.496 e. The maximum Gasteiger partial charge on any atom is 0.416 e. The van der Waals surface area contributed by atoms with Crippen molar-refractivity contribution in [1.82, 2.24) is 5.32 Å². The highest BCUT2D eigenvalue weighted by atomic mass is 19.4. The summed E-state index contributed by atoms with van der Waals surface area (Å²) in [5, 5.41) is 22.9. The SMILES string of the molecule is COc1ccc(CC(=O)O)cc1-c1ccc(C(F)(F)F)cc1CNC(C)C(O)c1ccccc1. The first kappa shape index (κ1) is 25.3. The third-order valence-electron chi connectivity index (χ3n) is 5.57. The third kappa shape index (κ3) is 6.15. The molecule has 0 aliphatic heterocycles. The van der Waals surface area contributed by atoms with E-state index in [0.717, 1.165) is 12.1 Å². The molecule has 0 fully saturated rings. The van der Waals surface area contributed by atoms with Crippen molar-refractivity contribution < 1.29 is 32.9 Å². The molecule has 180 valence electrons. The molecule has 0 aliphatic carbocycles. The van der Waals surface area contributed by atoms with E-state index in [1.807, 2.05) is 6.07 Å². The molecule has 0 amide bonds. The van der Waals surface area contributed by atoms with Gasteiger partial charge in [0.1, 0.15) is 5.75 Å². The maximum atomic E-state index is 13.5. The van der Waals surface area contributed by atoms with Crippen LogP contribution >= 0.6 is 0 Å². The van der Waals surface area contributed by atoms with Crippen LogP contribution in [-0.2, 0) is 23.9 Å². The van der Waals surface area contributed by atoms with Gasteiger partial charge < -0.3 is 20.3 Å². The van der Waals surface area contributed by atoms with Gasteiger partial charge in [-0.05, 0) is 53.4 Å². The molecule has 0 saturated carbocycles. The van der Waals surface area contributed by atoms with E-state index in [-0.39, 0.29) is 13.0 Å². The molecule has 0 aromatic heterocycles. The molecule has 2 atom stereocenters. The van der Waals surface area contributed by atoms with Crippen LogP contribution in [0.2, 0.25) is 0 Å². The summed E-state index contributed by atoms with van der Waals surface area (Å²) < 4.78 is 45.8. The molecule has 5 nitrogen and oxygen atoms in total. The lowest BCUT2D eigenvalue weighted by Gasteiger charge is -2.22. The lowest BCUT2D eigenvalue weighted by molar-refractivity contribution is -0.138. The minimum atomic E-state index is -4.53. The van der Waals surface area contributed by atoms with Crippen molar-refractivity contribution in [2.75, 3.05) is 7.11 Å². The number of benzene rings is 3. The van der Waals surface area contributed by atoms with Crippen LogP contribution < -0.4 is 10.1 Å². The Kier molecular flexibility index (Phi) is 7.96. The Balaban J connectivity index is 1.98. The average Bonchev–Trinajstić information content (AvgIpc) is 2.81. The van der Waals surface area contributed by atoms with E-state index in [1.165, 1.54) is 13.2 Å². The van der Waals surface area contributed by atoms with Gasteiger partial charge in [0.05, 0.1) is 25.2 Å². The van der Waals surface area contributed by atoms with E-state index >= 15 is 0 Å². The number of halogens is 3. The Morgan fingerprint density at radius 1 is 1.03 bits per heavy atom. The molecule has 3 aromatic rings. The monoisotopic (exact) mass is 473 g/mol. The van der Waals surface area contributed by atoms with E-state index in [9.17, 15) is 23.1 Å². The minimum absolute atomic E-state index is 0.0383. The zero-order valence-corrected chi connectivity index (χ0v) is 18.8. The van der Waals surface area contributed by atoms with Gasteiger partial charge in [0, 0.05) is 18.2 Å². The topological polar surface area (TPSA) is 78.8 Å². The van der Waals surface area contributed by atoms with Gasteiger partial charge in [-0.3, -0.25) is 4.79 Å². The molecular formula is C26H26F3NO4. The summed E-state index contributed by atoms with van der Waals surface area (Å²) >= 11 is 0. The second-order valence-corrected chi connectivity index (χ2v) is 8.00. The lowest BCUT2D eigenvalue weighted by Crippen LogP contribution is -2.32. The predicted molar refractivity (Wildman–Crippen MR) is 122 cm³/mol. The van der Waals surface area contributed by atoms with Gasteiger partial charge in [-0.15, -0.1) is 0 Å². The fourth-order valence-corrected chi connectivity index (χ4v) is 3.75. The molecule has 0 aliphatic rings. The fourth-order valence-electron chi connectivity index (χ4n) is 3.75. The van der Waals surface area contributed by atoms with Crippen LogP contribution in [0.4, 0.5) is 13.2 Å². The van der Waals surface area contributed by atoms with Crippen LogP contribution in [0.1, 0.15) is 35.3 Å². The smallest absolute Gasteiger partial charge is 0.416 e. The van der Waals surface area contributed by atoms with E-state index in [1.54, 1.807) is 49.4 Å². The van der Waals surface area contributed by atoms with Crippen molar-refractivity contribution in [2.24, 2.45) is 0 Å². The number of aliphatic carboxylic acids is 1. The van der Waals surface area contributed by atoms with Crippen molar-refractivity contribution in [3.8, 4) is 16.9 Å². The second kappa shape index (κ2) is 10.7. The number of hydrogen-bond donors (Lipinski definition) is 3. The highest BCUT2D eigenvalue weighted by Gasteiger charge is 2.31. The Bertz CT molecular complexity index is 1130. The zero-order valence-electron chi connectivity index (χ0n) is 18.8. The number of aliphatic hydroxyl groups is 1. The molecule has 8 heteroatoms. The summed E-state index contributed by atoms with van der Waals surface area (Å²) in [7, 11) is 1.44. The van der Waals surface area contributed by atoms with Crippen LogP contribution in [0, 0.1) is 0 Å².